The van der Waals surface area contributed by atoms with Gasteiger partial charge in [0.15, 0.2) is 0 Å². The lowest BCUT2D eigenvalue weighted by atomic mass is 9.77. The van der Waals surface area contributed by atoms with Gasteiger partial charge in [-0.25, -0.2) is 4.39 Å². The molecule has 4 N–H and O–H groups in total. The van der Waals surface area contributed by atoms with Crippen LogP contribution in [0.1, 0.15) is 56.8 Å². The average molecular weight is 402 g/mol. The zero-order chi connectivity index (χ0) is 21.4. The monoisotopic (exact) mass is 402 g/mol. The van der Waals surface area contributed by atoms with Crippen LogP contribution in [0.15, 0.2) is 24.3 Å². The Labute approximate surface area is 169 Å². The number of benzene rings is 1. The first-order valence-corrected chi connectivity index (χ1v) is 9.80. The number of amides is 3. The summed E-state index contributed by atoms with van der Waals surface area (Å²) in [4.78, 5) is 36.6. The SMILES string of the molecule is CC(=N)NC(=O)C(=O)NC1CC(C)(C2(NC(=O)c3ccc(F)cc3)CC2)CC1C. The summed E-state index contributed by atoms with van der Waals surface area (Å²) in [5.41, 5.74) is -0.176. The normalized spacial score (nSPS) is 27.0. The van der Waals surface area contributed by atoms with E-state index in [-0.39, 0.29) is 40.5 Å². The lowest BCUT2D eigenvalue weighted by Crippen LogP contribution is -2.49. The molecule has 0 spiro atoms. The van der Waals surface area contributed by atoms with E-state index < -0.39 is 11.8 Å². The van der Waals surface area contributed by atoms with Crippen LogP contribution in [0.4, 0.5) is 4.39 Å². The molecule has 156 valence electrons. The number of rotatable bonds is 4. The summed E-state index contributed by atoms with van der Waals surface area (Å²) in [5, 5.41) is 15.4. The van der Waals surface area contributed by atoms with Crippen molar-refractivity contribution in [3.63, 3.8) is 0 Å². The molecule has 0 saturated heterocycles. The van der Waals surface area contributed by atoms with E-state index in [9.17, 15) is 18.8 Å². The van der Waals surface area contributed by atoms with Crippen molar-refractivity contribution in [1.82, 2.24) is 16.0 Å². The summed E-state index contributed by atoms with van der Waals surface area (Å²) < 4.78 is 13.1. The van der Waals surface area contributed by atoms with Crippen molar-refractivity contribution in [1.29, 1.82) is 5.41 Å². The standard InChI is InChI=1S/C21H27FN4O3/c1-12-10-20(3,11-16(12)25-19(29)18(28)24-13(2)23)21(8-9-21)26-17(27)14-4-6-15(22)7-5-14/h4-7,12,16H,8-11H2,1-3H3,(H,25,29)(H,26,27)(H2,23,24,28). The smallest absolute Gasteiger partial charge is 0.314 e. The summed E-state index contributed by atoms with van der Waals surface area (Å²) in [6.45, 7) is 5.52. The van der Waals surface area contributed by atoms with Crippen molar-refractivity contribution in [3.8, 4) is 0 Å². The lowest BCUT2D eigenvalue weighted by molar-refractivity contribution is -0.138. The van der Waals surface area contributed by atoms with Crippen LogP contribution in [-0.4, -0.2) is 35.1 Å². The van der Waals surface area contributed by atoms with E-state index in [0.29, 0.717) is 12.0 Å². The highest BCUT2D eigenvalue weighted by Crippen LogP contribution is 2.59. The molecule has 0 heterocycles. The Balaban J connectivity index is 1.66. The predicted molar refractivity (Wildman–Crippen MR) is 106 cm³/mol. The van der Waals surface area contributed by atoms with E-state index in [1.807, 2.05) is 6.92 Å². The van der Waals surface area contributed by atoms with Gasteiger partial charge in [-0.15, -0.1) is 0 Å². The van der Waals surface area contributed by atoms with Gasteiger partial charge in [0.05, 0.1) is 5.84 Å². The Morgan fingerprint density at radius 2 is 1.72 bits per heavy atom. The second-order valence-electron chi connectivity index (χ2n) is 8.65. The molecule has 0 aliphatic heterocycles. The fourth-order valence-electron chi connectivity index (χ4n) is 4.56. The molecule has 8 heteroatoms. The molecule has 3 atom stereocenters. The fraction of sp³-hybridized carbons (Fsp3) is 0.524. The van der Waals surface area contributed by atoms with Crippen LogP contribution < -0.4 is 16.0 Å². The van der Waals surface area contributed by atoms with E-state index in [1.54, 1.807) is 0 Å². The third kappa shape index (κ3) is 4.31. The van der Waals surface area contributed by atoms with E-state index in [1.165, 1.54) is 31.2 Å². The largest absolute Gasteiger partial charge is 0.346 e. The highest BCUT2D eigenvalue weighted by atomic mass is 19.1. The zero-order valence-electron chi connectivity index (χ0n) is 16.9. The quantitative estimate of drug-likeness (QED) is 0.352. The second-order valence-corrected chi connectivity index (χ2v) is 8.65. The van der Waals surface area contributed by atoms with Gasteiger partial charge >= 0.3 is 11.8 Å². The summed E-state index contributed by atoms with van der Waals surface area (Å²) in [6.07, 6.45) is 3.13. The molecular formula is C21H27FN4O3. The molecular weight excluding hydrogens is 375 g/mol. The maximum Gasteiger partial charge on any atom is 0.314 e. The molecule has 3 rings (SSSR count). The molecule has 29 heavy (non-hydrogen) atoms. The number of amidine groups is 1. The van der Waals surface area contributed by atoms with Gasteiger partial charge in [0.25, 0.3) is 5.91 Å². The van der Waals surface area contributed by atoms with Gasteiger partial charge in [-0.2, -0.15) is 0 Å². The fourth-order valence-corrected chi connectivity index (χ4v) is 4.56. The highest BCUT2D eigenvalue weighted by molar-refractivity contribution is 6.37. The van der Waals surface area contributed by atoms with Gasteiger partial charge < -0.3 is 16.0 Å². The average Bonchev–Trinajstić information content (AvgIpc) is 3.36. The topological polar surface area (TPSA) is 111 Å². The first kappa shape index (κ1) is 21.0. The third-order valence-corrected chi connectivity index (χ3v) is 6.32. The molecule has 1 aromatic rings. The Hall–Kier alpha value is -2.77. The summed E-state index contributed by atoms with van der Waals surface area (Å²) in [7, 11) is 0. The van der Waals surface area contributed by atoms with E-state index >= 15 is 0 Å². The minimum absolute atomic E-state index is 0.0881. The molecule has 1 aromatic carbocycles. The van der Waals surface area contributed by atoms with Crippen molar-refractivity contribution < 1.29 is 18.8 Å². The minimum Gasteiger partial charge on any atom is -0.346 e. The van der Waals surface area contributed by atoms with Crippen molar-refractivity contribution >= 4 is 23.6 Å². The number of hydrogen-bond donors (Lipinski definition) is 4. The highest BCUT2D eigenvalue weighted by Gasteiger charge is 2.61. The Morgan fingerprint density at radius 3 is 2.28 bits per heavy atom. The van der Waals surface area contributed by atoms with Crippen LogP contribution in [0.3, 0.4) is 0 Å². The first-order chi connectivity index (χ1) is 13.5. The molecule has 3 amide bonds. The van der Waals surface area contributed by atoms with Crippen molar-refractivity contribution in [2.24, 2.45) is 11.3 Å². The van der Waals surface area contributed by atoms with Gasteiger partial charge in [-0.1, -0.05) is 13.8 Å². The molecule has 7 nitrogen and oxygen atoms in total. The molecule has 2 aliphatic carbocycles. The number of carbonyl (C=O) groups is 3. The van der Waals surface area contributed by atoms with Crippen LogP contribution in [0.25, 0.3) is 0 Å². The van der Waals surface area contributed by atoms with Crippen LogP contribution >= 0.6 is 0 Å². The summed E-state index contributed by atoms with van der Waals surface area (Å²) in [6, 6.07) is 5.27. The Morgan fingerprint density at radius 1 is 1.10 bits per heavy atom. The summed E-state index contributed by atoms with van der Waals surface area (Å²) >= 11 is 0. The molecule has 2 saturated carbocycles. The lowest BCUT2D eigenvalue weighted by Gasteiger charge is -2.36. The van der Waals surface area contributed by atoms with Crippen LogP contribution in [0, 0.1) is 22.6 Å². The van der Waals surface area contributed by atoms with E-state index in [0.717, 1.165) is 19.3 Å². The maximum absolute atomic E-state index is 13.1. The Kier molecular flexibility index (Phi) is 5.47. The maximum atomic E-state index is 13.1. The third-order valence-electron chi connectivity index (χ3n) is 6.32. The summed E-state index contributed by atoms with van der Waals surface area (Å²) in [5.74, 6) is -2.17. The number of nitrogens with one attached hydrogen (secondary N) is 4. The number of halogens is 1. The molecule has 0 aromatic heterocycles. The van der Waals surface area contributed by atoms with Crippen LogP contribution in [-0.2, 0) is 9.59 Å². The van der Waals surface area contributed by atoms with Crippen molar-refractivity contribution in [3.05, 3.63) is 35.6 Å². The second kappa shape index (κ2) is 7.57. The molecule has 3 unspecified atom stereocenters. The minimum atomic E-state index is -0.843. The number of hydrogen-bond acceptors (Lipinski definition) is 4. The number of carbonyl (C=O) groups excluding carboxylic acids is 3. The van der Waals surface area contributed by atoms with Crippen molar-refractivity contribution in [2.75, 3.05) is 0 Å². The van der Waals surface area contributed by atoms with Gasteiger partial charge in [0, 0.05) is 17.1 Å². The van der Waals surface area contributed by atoms with Crippen LogP contribution in [0.5, 0.6) is 0 Å². The van der Waals surface area contributed by atoms with Crippen molar-refractivity contribution in [2.45, 2.75) is 58.0 Å². The first-order valence-electron chi connectivity index (χ1n) is 9.80. The van der Waals surface area contributed by atoms with Gasteiger partial charge in [0.1, 0.15) is 5.82 Å². The Bertz CT molecular complexity index is 850. The van der Waals surface area contributed by atoms with Gasteiger partial charge in [-0.05, 0) is 68.2 Å². The van der Waals surface area contributed by atoms with E-state index in [4.69, 9.17) is 5.41 Å². The molecule has 2 aliphatic rings. The van der Waals surface area contributed by atoms with Crippen LogP contribution in [0.2, 0.25) is 0 Å². The van der Waals surface area contributed by atoms with Gasteiger partial charge in [0.2, 0.25) is 0 Å². The van der Waals surface area contributed by atoms with E-state index in [2.05, 4.69) is 22.9 Å². The predicted octanol–water partition coefficient (Wildman–Crippen LogP) is 2.12. The zero-order valence-corrected chi connectivity index (χ0v) is 16.9. The van der Waals surface area contributed by atoms with Gasteiger partial charge in [-0.3, -0.25) is 19.8 Å². The molecule has 2 fully saturated rings. The molecule has 0 radical (unpaired) electrons. The molecule has 0 bridgehead atoms.